The lowest BCUT2D eigenvalue weighted by atomic mass is 10.1. The van der Waals surface area contributed by atoms with Gasteiger partial charge in [0.05, 0.1) is 16.9 Å². The number of amides is 1. The molecule has 3 rings (SSSR count). The van der Waals surface area contributed by atoms with E-state index in [1.165, 1.54) is 0 Å². The monoisotopic (exact) mass is 381 g/mol. The van der Waals surface area contributed by atoms with Crippen molar-refractivity contribution >= 4 is 23.7 Å². The first-order valence-corrected chi connectivity index (χ1v) is 8.86. The lowest BCUT2D eigenvalue weighted by molar-refractivity contribution is -0.129. The molecule has 0 aliphatic heterocycles. The Morgan fingerprint density at radius 1 is 1.15 bits per heavy atom. The van der Waals surface area contributed by atoms with Crippen molar-refractivity contribution in [1.29, 1.82) is 0 Å². The van der Waals surface area contributed by atoms with Gasteiger partial charge in [0.2, 0.25) is 0 Å². The second-order valence-electron chi connectivity index (χ2n) is 6.16. The van der Waals surface area contributed by atoms with Crippen molar-refractivity contribution in [2.24, 2.45) is 5.10 Å². The van der Waals surface area contributed by atoms with Gasteiger partial charge in [-0.05, 0) is 37.6 Å². The lowest BCUT2D eigenvalue weighted by Gasteiger charge is -2.11. The fourth-order valence-corrected chi connectivity index (χ4v) is 3.16. The Kier molecular flexibility index (Phi) is 5.74. The quantitative estimate of drug-likeness (QED) is 0.519. The summed E-state index contributed by atoms with van der Waals surface area (Å²) in [4.78, 5) is 12.1. The fraction of sp³-hybridized carbons (Fsp3) is 0.143. The van der Waals surface area contributed by atoms with Crippen molar-refractivity contribution in [3.05, 3.63) is 88.2 Å². The minimum absolute atomic E-state index is 0.516. The number of rotatable bonds is 5. The highest BCUT2D eigenvalue weighted by Crippen LogP contribution is 2.25. The third-order valence-electron chi connectivity index (χ3n) is 4.31. The number of benzene rings is 2. The van der Waals surface area contributed by atoms with E-state index < -0.39 is 12.0 Å². The number of nitrogens with one attached hydrogen (secondary N) is 1. The molecule has 1 atom stereocenters. The van der Waals surface area contributed by atoms with Crippen LogP contribution in [0.15, 0.2) is 65.8 Å². The lowest BCUT2D eigenvalue weighted by Crippen LogP contribution is -2.25. The molecule has 2 aromatic carbocycles. The summed E-state index contributed by atoms with van der Waals surface area (Å²) in [5.74, 6) is -0.586. The average molecular weight is 382 g/mol. The molecule has 1 heterocycles. The molecular formula is C21H20ClN3O2. The van der Waals surface area contributed by atoms with Crippen LogP contribution in [0.5, 0.6) is 0 Å². The van der Waals surface area contributed by atoms with E-state index in [-0.39, 0.29) is 0 Å². The number of halogens is 1. The Morgan fingerprint density at radius 2 is 1.81 bits per heavy atom. The van der Waals surface area contributed by atoms with Gasteiger partial charge in [-0.3, -0.25) is 4.79 Å². The molecule has 27 heavy (non-hydrogen) atoms. The number of nitrogens with zero attached hydrogens (tertiary/aromatic N) is 2. The van der Waals surface area contributed by atoms with Crippen LogP contribution in [0.2, 0.25) is 5.02 Å². The van der Waals surface area contributed by atoms with Crippen LogP contribution in [-0.2, 0) is 4.79 Å². The molecule has 0 spiro atoms. The smallest absolute Gasteiger partial charge is 0.273 e. The topological polar surface area (TPSA) is 66.6 Å². The van der Waals surface area contributed by atoms with Crippen LogP contribution in [0.1, 0.15) is 28.6 Å². The van der Waals surface area contributed by atoms with Gasteiger partial charge in [-0.25, -0.2) is 5.43 Å². The van der Waals surface area contributed by atoms with Crippen LogP contribution in [0.25, 0.3) is 5.69 Å². The molecule has 0 saturated carbocycles. The zero-order valence-corrected chi connectivity index (χ0v) is 15.8. The number of aromatic nitrogens is 1. The van der Waals surface area contributed by atoms with Crippen molar-refractivity contribution < 1.29 is 9.90 Å². The van der Waals surface area contributed by atoms with Gasteiger partial charge in [-0.2, -0.15) is 5.10 Å². The number of aryl methyl sites for hydroxylation is 1. The molecule has 0 aliphatic rings. The Bertz CT molecular complexity index is 980. The Hall–Kier alpha value is -2.89. The highest BCUT2D eigenvalue weighted by Gasteiger charge is 2.16. The van der Waals surface area contributed by atoms with Crippen molar-refractivity contribution in [3.8, 4) is 5.69 Å². The Morgan fingerprint density at radius 3 is 2.52 bits per heavy atom. The van der Waals surface area contributed by atoms with Crippen LogP contribution in [0, 0.1) is 13.8 Å². The van der Waals surface area contributed by atoms with Crippen molar-refractivity contribution in [2.75, 3.05) is 0 Å². The molecule has 3 aromatic rings. The first-order valence-electron chi connectivity index (χ1n) is 8.49. The van der Waals surface area contributed by atoms with Gasteiger partial charge in [0, 0.05) is 17.0 Å². The summed E-state index contributed by atoms with van der Waals surface area (Å²) in [6, 6.07) is 18.3. The molecule has 0 fully saturated rings. The minimum Gasteiger partial charge on any atom is -0.378 e. The van der Waals surface area contributed by atoms with Crippen LogP contribution in [0.4, 0.5) is 0 Å². The average Bonchev–Trinajstić information content (AvgIpc) is 2.96. The van der Waals surface area contributed by atoms with Crippen LogP contribution in [-0.4, -0.2) is 21.8 Å². The number of hydrazone groups is 1. The predicted molar refractivity (Wildman–Crippen MR) is 107 cm³/mol. The van der Waals surface area contributed by atoms with Crippen LogP contribution in [0.3, 0.4) is 0 Å². The molecule has 6 heteroatoms. The number of hydrogen-bond donors (Lipinski definition) is 2. The largest absolute Gasteiger partial charge is 0.378 e. The summed E-state index contributed by atoms with van der Waals surface area (Å²) in [5, 5.41) is 14.7. The third kappa shape index (κ3) is 4.10. The first kappa shape index (κ1) is 18.9. The van der Waals surface area contributed by atoms with E-state index in [4.69, 9.17) is 11.6 Å². The van der Waals surface area contributed by atoms with Crippen molar-refractivity contribution in [3.63, 3.8) is 0 Å². The van der Waals surface area contributed by atoms with E-state index in [0.29, 0.717) is 10.6 Å². The number of carbonyl (C=O) groups excluding carboxylic acids is 1. The molecule has 5 nitrogen and oxygen atoms in total. The van der Waals surface area contributed by atoms with E-state index in [1.807, 2.05) is 54.8 Å². The Balaban J connectivity index is 1.76. The second-order valence-corrected chi connectivity index (χ2v) is 6.57. The fourth-order valence-electron chi connectivity index (χ4n) is 2.94. The predicted octanol–water partition coefficient (Wildman–Crippen LogP) is 3.93. The molecule has 0 unspecified atom stereocenters. The highest BCUT2D eigenvalue weighted by atomic mass is 35.5. The summed E-state index contributed by atoms with van der Waals surface area (Å²) in [6.07, 6.45) is 0.296. The first-order chi connectivity index (χ1) is 13.0. The summed E-state index contributed by atoms with van der Waals surface area (Å²) in [7, 11) is 0. The zero-order chi connectivity index (χ0) is 19.4. The number of hydrogen-bond acceptors (Lipinski definition) is 3. The number of carbonyl (C=O) groups is 1. The molecule has 1 amide bonds. The summed E-state index contributed by atoms with van der Waals surface area (Å²) in [6.45, 7) is 3.93. The normalized spacial score (nSPS) is 12.3. The number of aliphatic hydroxyl groups is 1. The van der Waals surface area contributed by atoms with E-state index in [1.54, 1.807) is 30.5 Å². The van der Waals surface area contributed by atoms with Gasteiger partial charge in [-0.15, -0.1) is 0 Å². The van der Waals surface area contributed by atoms with Crippen molar-refractivity contribution in [2.45, 2.75) is 20.0 Å². The second kappa shape index (κ2) is 8.20. The SMILES string of the molecule is Cc1cc(/C=N\NC(=O)[C@@H](O)c2ccccc2)c(C)n1-c1ccccc1Cl. The van der Waals surface area contributed by atoms with Gasteiger partial charge in [0.15, 0.2) is 6.10 Å². The minimum atomic E-state index is -1.26. The van der Waals surface area contributed by atoms with E-state index in [0.717, 1.165) is 22.6 Å². The van der Waals surface area contributed by atoms with Gasteiger partial charge in [0.25, 0.3) is 5.91 Å². The number of para-hydroxylation sites is 1. The summed E-state index contributed by atoms with van der Waals surface area (Å²) >= 11 is 6.31. The molecular weight excluding hydrogens is 362 g/mol. The van der Waals surface area contributed by atoms with Gasteiger partial charge < -0.3 is 9.67 Å². The maximum atomic E-state index is 12.1. The van der Waals surface area contributed by atoms with Crippen molar-refractivity contribution in [1.82, 2.24) is 9.99 Å². The standard InChI is InChI=1S/C21H20ClN3O2/c1-14-12-17(15(2)25(14)19-11-7-6-10-18(19)22)13-23-24-21(27)20(26)16-8-4-3-5-9-16/h3-13,20,26H,1-2H3,(H,24,27)/b23-13-/t20-/m0/s1. The van der Waals surface area contributed by atoms with E-state index in [9.17, 15) is 9.90 Å². The maximum absolute atomic E-state index is 12.1. The summed E-state index contributed by atoms with van der Waals surface area (Å²) in [5.41, 5.74) is 6.58. The van der Waals surface area contributed by atoms with Crippen LogP contribution < -0.4 is 5.43 Å². The highest BCUT2D eigenvalue weighted by molar-refractivity contribution is 6.32. The van der Waals surface area contributed by atoms with Gasteiger partial charge >= 0.3 is 0 Å². The zero-order valence-electron chi connectivity index (χ0n) is 15.1. The Labute approximate surface area is 162 Å². The van der Waals surface area contributed by atoms with E-state index >= 15 is 0 Å². The molecule has 1 aromatic heterocycles. The molecule has 0 bridgehead atoms. The summed E-state index contributed by atoms with van der Waals surface area (Å²) < 4.78 is 2.03. The molecule has 0 saturated heterocycles. The van der Waals surface area contributed by atoms with Gasteiger partial charge in [0.1, 0.15) is 0 Å². The maximum Gasteiger partial charge on any atom is 0.273 e. The molecule has 138 valence electrons. The number of aliphatic hydroxyl groups excluding tert-OH is 1. The third-order valence-corrected chi connectivity index (χ3v) is 4.63. The molecule has 0 aliphatic carbocycles. The van der Waals surface area contributed by atoms with Crippen LogP contribution >= 0.6 is 11.6 Å². The van der Waals surface area contributed by atoms with Gasteiger partial charge in [-0.1, -0.05) is 54.1 Å². The molecule has 0 radical (unpaired) electrons. The molecule has 2 N–H and O–H groups in total. The van der Waals surface area contributed by atoms with E-state index in [2.05, 4.69) is 10.5 Å².